The van der Waals surface area contributed by atoms with Gasteiger partial charge in [-0.2, -0.15) is 5.10 Å². The number of hydrogen-bond acceptors (Lipinski definition) is 4. The number of carbonyl (C=O) groups is 1. The van der Waals surface area contributed by atoms with Crippen LogP contribution in [0.3, 0.4) is 0 Å². The van der Waals surface area contributed by atoms with E-state index in [1.807, 2.05) is 0 Å². The van der Waals surface area contributed by atoms with Crippen molar-refractivity contribution >= 4 is 35.1 Å². The molecule has 0 fully saturated rings. The zero-order chi connectivity index (χ0) is 20.4. The number of carbonyl (C=O) groups excluding carboxylic acids is 1. The minimum atomic E-state index is -0.451. The molecule has 2 aromatic heterocycles. The van der Waals surface area contributed by atoms with Crippen molar-refractivity contribution in [1.29, 1.82) is 0 Å². The predicted octanol–water partition coefficient (Wildman–Crippen LogP) is 4.41. The normalized spacial score (nSPS) is 10.9. The fraction of sp³-hybridized carbons (Fsp3) is 0.0526. The highest BCUT2D eigenvalue weighted by Crippen LogP contribution is 2.29. The number of rotatable bonds is 5. The largest absolute Gasteiger partial charge is 0.288 e. The van der Waals surface area contributed by atoms with Crippen molar-refractivity contribution in [3.63, 3.8) is 0 Å². The van der Waals surface area contributed by atoms with Gasteiger partial charge in [-0.15, -0.1) is 5.10 Å². The Morgan fingerprint density at radius 1 is 1.14 bits per heavy atom. The van der Waals surface area contributed by atoms with Gasteiger partial charge in [-0.3, -0.25) is 15.2 Å². The van der Waals surface area contributed by atoms with Gasteiger partial charge in [0.2, 0.25) is 5.95 Å². The molecule has 0 atom stereocenters. The quantitative estimate of drug-likeness (QED) is 0.490. The average molecular weight is 431 g/mol. The van der Waals surface area contributed by atoms with E-state index in [0.717, 1.165) is 5.56 Å². The lowest BCUT2D eigenvalue weighted by molar-refractivity contribution is 0.102. The van der Waals surface area contributed by atoms with Gasteiger partial charge in [0.05, 0.1) is 17.3 Å². The van der Waals surface area contributed by atoms with E-state index >= 15 is 0 Å². The number of nitrogens with zero attached hydrogens (tertiary/aromatic N) is 4. The number of benzene rings is 2. The second-order valence-corrected chi connectivity index (χ2v) is 6.98. The van der Waals surface area contributed by atoms with E-state index in [-0.39, 0.29) is 17.5 Å². The molecule has 2 aromatic carbocycles. The van der Waals surface area contributed by atoms with Crippen molar-refractivity contribution in [3.05, 3.63) is 82.0 Å². The lowest BCUT2D eigenvalue weighted by Gasteiger charge is -2.01. The van der Waals surface area contributed by atoms with E-state index in [0.29, 0.717) is 27.8 Å². The molecule has 0 spiro atoms. The number of H-pyrrole nitrogens is 1. The highest BCUT2D eigenvalue weighted by atomic mass is 35.5. The van der Waals surface area contributed by atoms with Gasteiger partial charge in [0.15, 0.2) is 0 Å². The topological polar surface area (TPSA) is 88.5 Å². The Morgan fingerprint density at radius 2 is 1.93 bits per heavy atom. The lowest BCUT2D eigenvalue weighted by Crippen LogP contribution is -2.14. The molecule has 0 aliphatic carbocycles. The van der Waals surface area contributed by atoms with Crippen LogP contribution >= 0.6 is 23.2 Å². The highest BCUT2D eigenvalue weighted by molar-refractivity contribution is 6.36. The first-order chi connectivity index (χ1) is 14.0. The van der Waals surface area contributed by atoms with Crippen LogP contribution in [0.2, 0.25) is 10.0 Å². The van der Waals surface area contributed by atoms with Crippen molar-refractivity contribution in [2.24, 2.45) is 0 Å². The Labute approximate surface area is 174 Å². The highest BCUT2D eigenvalue weighted by Gasteiger charge is 2.15. The van der Waals surface area contributed by atoms with Gasteiger partial charge in [0.25, 0.3) is 5.91 Å². The van der Waals surface area contributed by atoms with Crippen molar-refractivity contribution in [2.75, 3.05) is 5.32 Å². The number of hydrogen-bond donors (Lipinski definition) is 2. The molecule has 0 bridgehead atoms. The van der Waals surface area contributed by atoms with Crippen LogP contribution < -0.4 is 5.32 Å². The summed E-state index contributed by atoms with van der Waals surface area (Å²) in [5, 5.41) is 14.5. The van der Waals surface area contributed by atoms with Crippen LogP contribution in [0.5, 0.6) is 0 Å². The molecule has 2 heterocycles. The molecule has 1 amide bonds. The van der Waals surface area contributed by atoms with E-state index in [9.17, 15) is 9.18 Å². The van der Waals surface area contributed by atoms with E-state index in [1.165, 1.54) is 23.1 Å². The number of anilines is 1. The summed E-state index contributed by atoms with van der Waals surface area (Å²) < 4.78 is 14.5. The zero-order valence-corrected chi connectivity index (χ0v) is 16.2. The molecule has 0 aliphatic heterocycles. The van der Waals surface area contributed by atoms with Crippen molar-refractivity contribution in [1.82, 2.24) is 25.0 Å². The summed E-state index contributed by atoms with van der Waals surface area (Å²) in [6, 6.07) is 12.6. The van der Waals surface area contributed by atoms with Crippen molar-refractivity contribution in [2.45, 2.75) is 6.54 Å². The van der Waals surface area contributed by atoms with Gasteiger partial charge < -0.3 is 0 Å². The molecule has 10 heteroatoms. The Morgan fingerprint density at radius 3 is 2.69 bits per heavy atom. The predicted molar refractivity (Wildman–Crippen MR) is 108 cm³/mol. The molecule has 4 rings (SSSR count). The summed E-state index contributed by atoms with van der Waals surface area (Å²) in [5.41, 5.74) is 2.23. The summed E-state index contributed by atoms with van der Waals surface area (Å²) in [7, 11) is 0. The van der Waals surface area contributed by atoms with Crippen molar-refractivity contribution in [3.8, 4) is 11.3 Å². The van der Waals surface area contributed by atoms with Crippen molar-refractivity contribution < 1.29 is 9.18 Å². The van der Waals surface area contributed by atoms with Crippen LogP contribution in [0.15, 0.2) is 54.9 Å². The number of amides is 1. The maximum absolute atomic E-state index is 13.0. The molecule has 146 valence electrons. The summed E-state index contributed by atoms with van der Waals surface area (Å²) in [5.74, 6) is -0.620. The Bertz CT molecular complexity index is 1170. The minimum absolute atomic E-state index is 0.137. The number of nitrogens with one attached hydrogen (secondary N) is 2. The van der Waals surface area contributed by atoms with Crippen LogP contribution in [0, 0.1) is 5.82 Å². The summed E-state index contributed by atoms with van der Waals surface area (Å²) >= 11 is 12.1. The second kappa shape index (κ2) is 8.02. The molecule has 29 heavy (non-hydrogen) atoms. The Kier molecular flexibility index (Phi) is 5.28. The molecule has 0 saturated heterocycles. The zero-order valence-electron chi connectivity index (χ0n) is 14.7. The molecule has 0 radical (unpaired) electrons. The van der Waals surface area contributed by atoms with Crippen LogP contribution in [0.4, 0.5) is 10.3 Å². The maximum Gasteiger partial charge on any atom is 0.276 e. The molecule has 4 aromatic rings. The van der Waals surface area contributed by atoms with E-state index in [2.05, 4.69) is 25.6 Å². The van der Waals surface area contributed by atoms with Gasteiger partial charge >= 0.3 is 0 Å². The fourth-order valence-electron chi connectivity index (χ4n) is 2.65. The maximum atomic E-state index is 13.0. The standard InChI is InChI=1S/C19H13Cl2FN6O/c20-12-3-6-14(15(21)7-12)16-8-17(26-25-16)18(29)24-19-23-10-28(27-19)9-11-1-4-13(22)5-2-11/h1-8,10H,9H2,(H,25,26)(H,24,27,29). The van der Waals surface area contributed by atoms with E-state index in [1.54, 1.807) is 36.4 Å². The molecule has 0 aliphatic rings. The smallest absolute Gasteiger partial charge is 0.276 e. The first kappa shape index (κ1) is 19.1. The molecule has 7 nitrogen and oxygen atoms in total. The molecular weight excluding hydrogens is 418 g/mol. The van der Waals surface area contributed by atoms with Gasteiger partial charge in [0, 0.05) is 10.6 Å². The Hall–Kier alpha value is -3.23. The monoisotopic (exact) mass is 430 g/mol. The number of aromatic amines is 1. The van der Waals surface area contributed by atoms with Crippen LogP contribution in [-0.4, -0.2) is 30.9 Å². The van der Waals surface area contributed by atoms with E-state index < -0.39 is 5.91 Å². The molecule has 0 saturated carbocycles. The van der Waals surface area contributed by atoms with Crippen LogP contribution in [0.25, 0.3) is 11.3 Å². The molecular formula is C19H13Cl2FN6O. The first-order valence-corrected chi connectivity index (χ1v) is 9.19. The summed E-state index contributed by atoms with van der Waals surface area (Å²) in [6.45, 7) is 0.395. The number of halogens is 3. The third-order valence-corrected chi connectivity index (χ3v) is 4.60. The van der Waals surface area contributed by atoms with E-state index in [4.69, 9.17) is 23.2 Å². The van der Waals surface area contributed by atoms with Gasteiger partial charge in [-0.1, -0.05) is 35.3 Å². The molecule has 2 N–H and O–H groups in total. The summed E-state index contributed by atoms with van der Waals surface area (Å²) in [4.78, 5) is 16.5. The minimum Gasteiger partial charge on any atom is -0.288 e. The fourth-order valence-corrected chi connectivity index (χ4v) is 3.15. The van der Waals surface area contributed by atoms with Gasteiger partial charge in [-0.05, 0) is 42.0 Å². The summed E-state index contributed by atoms with van der Waals surface area (Å²) in [6.07, 6.45) is 1.48. The lowest BCUT2D eigenvalue weighted by atomic mass is 10.1. The first-order valence-electron chi connectivity index (χ1n) is 8.44. The van der Waals surface area contributed by atoms with Crippen LogP contribution in [-0.2, 0) is 6.54 Å². The average Bonchev–Trinajstić information content (AvgIpc) is 3.33. The third-order valence-electron chi connectivity index (χ3n) is 4.05. The number of aromatic nitrogens is 5. The second-order valence-electron chi connectivity index (χ2n) is 6.14. The SMILES string of the molecule is O=C(Nc1ncn(Cc2ccc(F)cc2)n1)c1cc(-c2ccc(Cl)cc2Cl)n[nH]1. The molecule has 0 unspecified atom stereocenters. The van der Waals surface area contributed by atoms with Gasteiger partial charge in [0.1, 0.15) is 17.8 Å². The van der Waals surface area contributed by atoms with Gasteiger partial charge in [-0.25, -0.2) is 14.1 Å². The van der Waals surface area contributed by atoms with Crippen LogP contribution in [0.1, 0.15) is 16.1 Å². The Balaban J connectivity index is 1.44. The third kappa shape index (κ3) is 4.44.